The molecule has 2 heteroatoms. The van der Waals surface area contributed by atoms with Crippen LogP contribution in [0.25, 0.3) is 0 Å². The lowest BCUT2D eigenvalue weighted by Gasteiger charge is -2.37. The molecule has 3 atom stereocenters. The maximum Gasteiger partial charge on any atom is 0.0605 e. The average Bonchev–Trinajstić information content (AvgIpc) is 2.61. The highest BCUT2D eigenvalue weighted by Gasteiger charge is 2.38. The summed E-state index contributed by atoms with van der Waals surface area (Å²) in [5, 5.41) is 0. The fourth-order valence-electron chi connectivity index (χ4n) is 4.12. The lowest BCUT2D eigenvalue weighted by Crippen LogP contribution is -2.43. The van der Waals surface area contributed by atoms with E-state index in [1.807, 2.05) is 0 Å². The molecule has 3 fully saturated rings. The van der Waals surface area contributed by atoms with E-state index in [1.165, 1.54) is 57.8 Å². The van der Waals surface area contributed by atoms with Crippen molar-refractivity contribution in [3.8, 4) is 0 Å². The molecule has 0 N–H and O–H groups in total. The molecule has 0 spiro atoms. The van der Waals surface area contributed by atoms with Crippen molar-refractivity contribution in [3.63, 3.8) is 0 Å². The molecule has 1 saturated carbocycles. The van der Waals surface area contributed by atoms with Crippen LogP contribution in [0.2, 0.25) is 0 Å². The molecule has 2 aliphatic heterocycles. The third kappa shape index (κ3) is 2.68. The Morgan fingerprint density at radius 2 is 1.59 bits per heavy atom. The summed E-state index contributed by atoms with van der Waals surface area (Å²) in [4.78, 5) is 2.60. The number of piperidine rings is 1. The van der Waals surface area contributed by atoms with E-state index < -0.39 is 0 Å². The number of hydrogen-bond acceptors (Lipinski definition) is 2. The van der Waals surface area contributed by atoms with Crippen LogP contribution >= 0.6 is 0 Å². The Morgan fingerprint density at radius 3 is 2.24 bits per heavy atom. The van der Waals surface area contributed by atoms with Gasteiger partial charge in [-0.1, -0.05) is 19.3 Å². The van der Waals surface area contributed by atoms with Crippen molar-refractivity contribution in [1.29, 1.82) is 0 Å². The van der Waals surface area contributed by atoms with Gasteiger partial charge in [0, 0.05) is 18.7 Å². The molecule has 3 rings (SSSR count). The van der Waals surface area contributed by atoms with Crippen molar-refractivity contribution in [3.05, 3.63) is 0 Å². The minimum absolute atomic E-state index is 0.575. The second kappa shape index (κ2) is 5.27. The van der Waals surface area contributed by atoms with Crippen LogP contribution in [0.4, 0.5) is 0 Å². The third-order valence-corrected chi connectivity index (χ3v) is 5.35. The Balaban J connectivity index is 1.44. The van der Waals surface area contributed by atoms with Crippen LogP contribution in [0.1, 0.15) is 57.8 Å². The normalized spacial score (nSPS) is 39.7. The first-order valence-electron chi connectivity index (χ1n) is 7.66. The van der Waals surface area contributed by atoms with Gasteiger partial charge in [-0.05, 0) is 51.5 Å². The van der Waals surface area contributed by atoms with Crippen LogP contribution in [0.15, 0.2) is 0 Å². The molecule has 2 heterocycles. The van der Waals surface area contributed by atoms with Gasteiger partial charge in [-0.3, -0.25) is 0 Å². The Hall–Kier alpha value is -0.0800. The summed E-state index contributed by atoms with van der Waals surface area (Å²) in [5.41, 5.74) is 0. The summed E-state index contributed by atoms with van der Waals surface area (Å²) in [6.07, 6.45) is 13.1. The number of ether oxygens (including phenoxy) is 1. The van der Waals surface area contributed by atoms with Crippen molar-refractivity contribution in [2.24, 2.45) is 5.92 Å². The summed E-state index contributed by atoms with van der Waals surface area (Å²) >= 11 is 0. The third-order valence-electron chi connectivity index (χ3n) is 5.35. The first-order valence-corrected chi connectivity index (χ1v) is 7.66. The van der Waals surface area contributed by atoms with Gasteiger partial charge >= 0.3 is 0 Å². The van der Waals surface area contributed by atoms with E-state index in [1.54, 1.807) is 0 Å². The molecule has 17 heavy (non-hydrogen) atoms. The van der Waals surface area contributed by atoms with Crippen molar-refractivity contribution < 1.29 is 4.74 Å². The molecular weight excluding hydrogens is 210 g/mol. The van der Waals surface area contributed by atoms with Gasteiger partial charge in [0.15, 0.2) is 0 Å². The number of hydrogen-bond donors (Lipinski definition) is 0. The molecular formula is C15H27NO. The Kier molecular flexibility index (Phi) is 3.72. The molecule has 1 aliphatic carbocycles. The zero-order valence-electron chi connectivity index (χ0n) is 11.2. The van der Waals surface area contributed by atoms with Gasteiger partial charge in [0.25, 0.3) is 0 Å². The maximum atomic E-state index is 6.22. The fourth-order valence-corrected chi connectivity index (χ4v) is 4.12. The first kappa shape index (κ1) is 12.0. The van der Waals surface area contributed by atoms with Crippen molar-refractivity contribution in [1.82, 2.24) is 4.90 Å². The molecule has 3 aliphatic rings. The van der Waals surface area contributed by atoms with Gasteiger partial charge in [0.1, 0.15) is 0 Å². The zero-order chi connectivity index (χ0) is 11.7. The molecule has 0 amide bonds. The van der Waals surface area contributed by atoms with Crippen LogP contribution in [0.5, 0.6) is 0 Å². The van der Waals surface area contributed by atoms with E-state index in [-0.39, 0.29) is 0 Å². The highest BCUT2D eigenvalue weighted by molar-refractivity contribution is 4.94. The largest absolute Gasteiger partial charge is 0.378 e. The average molecular weight is 237 g/mol. The second-order valence-corrected chi connectivity index (χ2v) is 6.48. The molecule has 2 nitrogen and oxygen atoms in total. The van der Waals surface area contributed by atoms with E-state index >= 15 is 0 Å². The molecule has 0 radical (unpaired) electrons. The van der Waals surface area contributed by atoms with Crippen LogP contribution in [0.3, 0.4) is 0 Å². The Morgan fingerprint density at radius 1 is 0.941 bits per heavy atom. The minimum atomic E-state index is 0.575. The lowest BCUT2D eigenvalue weighted by atomic mass is 9.90. The highest BCUT2D eigenvalue weighted by Crippen LogP contribution is 2.36. The summed E-state index contributed by atoms with van der Waals surface area (Å²) in [7, 11) is 2.31. The van der Waals surface area contributed by atoms with Crippen LogP contribution in [0, 0.1) is 5.92 Å². The summed E-state index contributed by atoms with van der Waals surface area (Å²) in [6, 6.07) is 1.65. The predicted octanol–water partition coefficient (Wildman–Crippen LogP) is 3.21. The summed E-state index contributed by atoms with van der Waals surface area (Å²) < 4.78 is 6.22. The standard InChI is InChI=1S/C15H27NO/c1-16-13-7-8-14(16)10-15(9-13)17-11-12-5-3-2-4-6-12/h12-15H,2-11H2,1H3/t13-,14+,15?. The zero-order valence-corrected chi connectivity index (χ0v) is 11.2. The van der Waals surface area contributed by atoms with E-state index in [0.29, 0.717) is 6.10 Å². The molecule has 0 aromatic heterocycles. The van der Waals surface area contributed by atoms with Crippen molar-refractivity contribution in [2.45, 2.75) is 76.0 Å². The molecule has 0 aromatic rings. The molecule has 1 unspecified atom stereocenters. The van der Waals surface area contributed by atoms with Crippen LogP contribution in [-0.4, -0.2) is 36.7 Å². The number of rotatable bonds is 3. The Bertz CT molecular complexity index is 235. The number of fused-ring (bicyclic) bond motifs is 2. The fraction of sp³-hybridized carbons (Fsp3) is 1.00. The molecule has 2 bridgehead atoms. The molecule has 0 aromatic carbocycles. The molecule has 2 saturated heterocycles. The van der Waals surface area contributed by atoms with Crippen LogP contribution < -0.4 is 0 Å². The lowest BCUT2D eigenvalue weighted by molar-refractivity contribution is -0.0306. The molecule has 98 valence electrons. The first-order chi connectivity index (χ1) is 8.33. The van der Waals surface area contributed by atoms with E-state index in [9.17, 15) is 0 Å². The van der Waals surface area contributed by atoms with Gasteiger partial charge in [-0.15, -0.1) is 0 Å². The Labute approximate surface area is 106 Å². The maximum absolute atomic E-state index is 6.22. The number of nitrogens with zero attached hydrogens (tertiary/aromatic N) is 1. The van der Waals surface area contributed by atoms with E-state index in [4.69, 9.17) is 4.74 Å². The topological polar surface area (TPSA) is 12.5 Å². The quantitative estimate of drug-likeness (QED) is 0.747. The summed E-state index contributed by atoms with van der Waals surface area (Å²) in [6.45, 7) is 1.05. The van der Waals surface area contributed by atoms with Gasteiger partial charge in [-0.2, -0.15) is 0 Å². The van der Waals surface area contributed by atoms with Gasteiger partial charge in [-0.25, -0.2) is 0 Å². The monoisotopic (exact) mass is 237 g/mol. The van der Waals surface area contributed by atoms with Crippen molar-refractivity contribution in [2.75, 3.05) is 13.7 Å². The van der Waals surface area contributed by atoms with Crippen LogP contribution in [-0.2, 0) is 4.74 Å². The van der Waals surface area contributed by atoms with E-state index in [2.05, 4.69) is 11.9 Å². The van der Waals surface area contributed by atoms with Gasteiger partial charge < -0.3 is 9.64 Å². The minimum Gasteiger partial charge on any atom is -0.378 e. The van der Waals surface area contributed by atoms with Gasteiger partial charge in [0.05, 0.1) is 6.10 Å². The summed E-state index contributed by atoms with van der Waals surface area (Å²) in [5.74, 6) is 0.876. The van der Waals surface area contributed by atoms with Gasteiger partial charge in [0.2, 0.25) is 0 Å². The van der Waals surface area contributed by atoms with Crippen molar-refractivity contribution >= 4 is 0 Å². The second-order valence-electron chi connectivity index (χ2n) is 6.48. The van der Waals surface area contributed by atoms with E-state index in [0.717, 1.165) is 24.6 Å². The SMILES string of the molecule is CN1[C@@H]2CC[C@H]1CC(OCC1CCCCC1)C2. The smallest absolute Gasteiger partial charge is 0.0605 e. The highest BCUT2D eigenvalue weighted by atomic mass is 16.5. The predicted molar refractivity (Wildman–Crippen MR) is 70.1 cm³/mol.